The van der Waals surface area contributed by atoms with Crippen molar-refractivity contribution in [3.05, 3.63) is 22.5 Å². The van der Waals surface area contributed by atoms with Gasteiger partial charge in [-0.3, -0.25) is 9.69 Å². The Kier molecular flexibility index (Phi) is 5.99. The first-order valence-corrected chi connectivity index (χ1v) is 8.53. The molecule has 1 saturated heterocycles. The fourth-order valence-electron chi connectivity index (χ4n) is 3.44. The van der Waals surface area contributed by atoms with E-state index < -0.39 is 5.97 Å². The number of aromatic amines is 1. The third-order valence-corrected chi connectivity index (χ3v) is 4.89. The Balaban J connectivity index is 2.20. The normalized spacial score (nSPS) is 18.1. The van der Waals surface area contributed by atoms with Gasteiger partial charge >= 0.3 is 5.97 Å². The van der Waals surface area contributed by atoms with E-state index in [0.717, 1.165) is 25.9 Å². The molecule has 0 amide bonds. The predicted molar refractivity (Wildman–Crippen MR) is 90.1 cm³/mol. The Hall–Kier alpha value is -1.62. The van der Waals surface area contributed by atoms with Crippen molar-refractivity contribution in [2.24, 2.45) is 0 Å². The van der Waals surface area contributed by atoms with Crippen LogP contribution >= 0.6 is 0 Å². The number of carbonyl (C=O) groups is 2. The minimum Gasteiger partial charge on any atom is -0.465 e. The van der Waals surface area contributed by atoms with Gasteiger partial charge in [-0.15, -0.1) is 0 Å². The van der Waals surface area contributed by atoms with Crippen LogP contribution in [0.15, 0.2) is 0 Å². The zero-order valence-corrected chi connectivity index (χ0v) is 14.7. The van der Waals surface area contributed by atoms with Gasteiger partial charge in [-0.2, -0.15) is 0 Å². The van der Waals surface area contributed by atoms with E-state index in [4.69, 9.17) is 4.74 Å². The first-order valence-electron chi connectivity index (χ1n) is 8.53. The van der Waals surface area contributed by atoms with Gasteiger partial charge in [-0.1, -0.05) is 19.3 Å². The smallest absolute Gasteiger partial charge is 0.339 e. The molecule has 1 aliphatic rings. The minimum atomic E-state index is -0.394. The molecule has 1 atom stereocenters. The highest BCUT2D eigenvalue weighted by molar-refractivity contribution is 6.03. The van der Waals surface area contributed by atoms with Crippen LogP contribution in [0.3, 0.4) is 0 Å². The van der Waals surface area contributed by atoms with E-state index in [9.17, 15) is 9.59 Å². The van der Waals surface area contributed by atoms with Crippen LogP contribution in [0.4, 0.5) is 0 Å². The van der Waals surface area contributed by atoms with Crippen LogP contribution in [-0.2, 0) is 4.74 Å². The van der Waals surface area contributed by atoms with Crippen molar-refractivity contribution in [2.45, 2.75) is 58.9 Å². The molecule has 128 valence electrons. The number of hydrogen-bond donors (Lipinski definition) is 1. The third kappa shape index (κ3) is 3.83. The minimum absolute atomic E-state index is 0.0568. The second-order valence-electron chi connectivity index (χ2n) is 6.46. The van der Waals surface area contributed by atoms with Crippen LogP contribution < -0.4 is 0 Å². The molecule has 23 heavy (non-hydrogen) atoms. The Morgan fingerprint density at radius 3 is 2.22 bits per heavy atom. The van der Waals surface area contributed by atoms with Crippen LogP contribution in [0, 0.1) is 13.8 Å². The number of nitrogens with one attached hydrogen (secondary N) is 1. The summed E-state index contributed by atoms with van der Waals surface area (Å²) in [6.45, 7) is 7.52. The average molecular weight is 320 g/mol. The molecule has 0 spiro atoms. The number of rotatable bonds is 4. The molecule has 0 aliphatic carbocycles. The van der Waals surface area contributed by atoms with Crippen molar-refractivity contribution in [1.29, 1.82) is 0 Å². The number of nitrogens with zero attached hydrogens (tertiary/aromatic N) is 1. The maximum Gasteiger partial charge on any atom is 0.339 e. The second-order valence-corrected chi connectivity index (χ2v) is 6.46. The molecule has 1 aliphatic heterocycles. The monoisotopic (exact) mass is 320 g/mol. The molecular formula is C18H28N2O3. The number of Topliss-reactive ketones (excluding diaryl/α,β-unsaturated/α-hetero) is 1. The largest absolute Gasteiger partial charge is 0.465 e. The SMILES string of the molecule is COC(=O)c1c(C)[nH]c(C(=O)C(C)N2CCCCCCC2)c1C. The summed E-state index contributed by atoms with van der Waals surface area (Å²) in [6.07, 6.45) is 6.07. The van der Waals surface area contributed by atoms with Gasteiger partial charge in [0, 0.05) is 5.69 Å². The fourth-order valence-corrected chi connectivity index (χ4v) is 3.44. The van der Waals surface area contributed by atoms with Gasteiger partial charge in [0.05, 0.1) is 24.4 Å². The summed E-state index contributed by atoms with van der Waals surface area (Å²) in [4.78, 5) is 30.2. The Morgan fingerprint density at radius 1 is 1.09 bits per heavy atom. The first-order chi connectivity index (χ1) is 11.0. The number of H-pyrrole nitrogens is 1. The lowest BCUT2D eigenvalue weighted by Gasteiger charge is -2.29. The van der Waals surface area contributed by atoms with E-state index >= 15 is 0 Å². The molecule has 1 unspecified atom stereocenters. The molecule has 1 aromatic heterocycles. The van der Waals surface area contributed by atoms with Crippen molar-refractivity contribution in [3.63, 3.8) is 0 Å². The summed E-state index contributed by atoms with van der Waals surface area (Å²) in [7, 11) is 1.36. The lowest BCUT2D eigenvalue weighted by atomic mass is 10.0. The molecule has 1 fully saturated rings. The van der Waals surface area contributed by atoms with E-state index in [-0.39, 0.29) is 11.8 Å². The van der Waals surface area contributed by atoms with E-state index in [2.05, 4.69) is 9.88 Å². The maximum absolute atomic E-state index is 12.9. The van der Waals surface area contributed by atoms with E-state index in [1.54, 1.807) is 6.92 Å². The van der Waals surface area contributed by atoms with Crippen molar-refractivity contribution >= 4 is 11.8 Å². The zero-order valence-electron chi connectivity index (χ0n) is 14.7. The Morgan fingerprint density at radius 2 is 1.65 bits per heavy atom. The van der Waals surface area contributed by atoms with E-state index in [1.807, 2.05) is 13.8 Å². The highest BCUT2D eigenvalue weighted by atomic mass is 16.5. The third-order valence-electron chi connectivity index (χ3n) is 4.89. The summed E-state index contributed by atoms with van der Waals surface area (Å²) < 4.78 is 4.82. The molecule has 1 aromatic rings. The molecule has 0 bridgehead atoms. The van der Waals surface area contributed by atoms with Crippen molar-refractivity contribution < 1.29 is 14.3 Å². The predicted octanol–water partition coefficient (Wildman–Crippen LogP) is 3.26. The van der Waals surface area contributed by atoms with Crippen molar-refractivity contribution in [1.82, 2.24) is 9.88 Å². The first kappa shape index (κ1) is 17.7. The topological polar surface area (TPSA) is 62.4 Å². The summed E-state index contributed by atoms with van der Waals surface area (Å²) in [5.74, 6) is -0.337. The Bertz CT molecular complexity index is 569. The molecule has 0 radical (unpaired) electrons. The number of hydrogen-bond acceptors (Lipinski definition) is 4. The van der Waals surface area contributed by atoms with Crippen molar-refractivity contribution in [3.8, 4) is 0 Å². The molecule has 5 nitrogen and oxygen atoms in total. The lowest BCUT2D eigenvalue weighted by molar-refractivity contribution is 0.0599. The molecule has 1 N–H and O–H groups in total. The Labute approximate surface area is 138 Å². The molecule has 5 heteroatoms. The maximum atomic E-state index is 12.9. The number of aryl methyl sites for hydroxylation is 1. The number of methoxy groups -OCH3 is 1. The van der Waals surface area contributed by atoms with Crippen LogP contribution in [0.2, 0.25) is 0 Å². The molecular weight excluding hydrogens is 292 g/mol. The van der Waals surface area contributed by atoms with Gasteiger partial charge in [0.15, 0.2) is 5.78 Å². The van der Waals surface area contributed by atoms with Crippen molar-refractivity contribution in [2.75, 3.05) is 20.2 Å². The molecule has 2 rings (SSSR count). The average Bonchev–Trinajstić information content (AvgIpc) is 2.80. The number of ether oxygens (including phenoxy) is 1. The number of esters is 1. The highest BCUT2D eigenvalue weighted by Crippen LogP contribution is 2.22. The summed E-state index contributed by atoms with van der Waals surface area (Å²) in [5, 5.41) is 0. The number of ketones is 1. The molecule has 0 aromatic carbocycles. The fraction of sp³-hybridized carbons (Fsp3) is 0.667. The van der Waals surface area contributed by atoms with Crippen LogP contribution in [0.25, 0.3) is 0 Å². The van der Waals surface area contributed by atoms with Crippen LogP contribution in [0.1, 0.15) is 71.1 Å². The lowest BCUT2D eigenvalue weighted by Crippen LogP contribution is -2.41. The van der Waals surface area contributed by atoms with Gasteiger partial charge in [-0.05, 0) is 52.3 Å². The molecule has 2 heterocycles. The van der Waals surface area contributed by atoms with E-state index in [0.29, 0.717) is 22.5 Å². The van der Waals surface area contributed by atoms with Crippen LogP contribution in [0.5, 0.6) is 0 Å². The van der Waals surface area contributed by atoms with Gasteiger partial charge < -0.3 is 9.72 Å². The summed E-state index contributed by atoms with van der Waals surface area (Å²) in [5.41, 5.74) is 2.41. The molecule has 0 saturated carbocycles. The highest BCUT2D eigenvalue weighted by Gasteiger charge is 2.28. The van der Waals surface area contributed by atoms with Gasteiger partial charge in [0.2, 0.25) is 0 Å². The standard InChI is InChI=1S/C18H28N2O3/c1-12-15(18(22)23-4)13(2)19-16(12)17(21)14(3)20-10-8-6-5-7-9-11-20/h14,19H,5-11H2,1-4H3. The van der Waals surface area contributed by atoms with Gasteiger partial charge in [-0.25, -0.2) is 4.79 Å². The number of likely N-dealkylation sites (tertiary alicyclic amines) is 1. The number of carbonyl (C=O) groups excluding carboxylic acids is 2. The zero-order chi connectivity index (χ0) is 17.0. The van der Waals surface area contributed by atoms with E-state index in [1.165, 1.54) is 26.4 Å². The number of aromatic nitrogens is 1. The van der Waals surface area contributed by atoms with Gasteiger partial charge in [0.1, 0.15) is 0 Å². The summed E-state index contributed by atoms with van der Waals surface area (Å²) in [6, 6.07) is -0.171. The van der Waals surface area contributed by atoms with Crippen LogP contribution in [-0.4, -0.2) is 47.9 Å². The van der Waals surface area contributed by atoms with Gasteiger partial charge in [0.25, 0.3) is 0 Å². The summed E-state index contributed by atoms with van der Waals surface area (Å²) >= 11 is 0. The second kappa shape index (κ2) is 7.77. The quantitative estimate of drug-likeness (QED) is 0.683.